The van der Waals surface area contributed by atoms with Crippen LogP contribution in [0.5, 0.6) is 0 Å². The minimum Gasteiger partial charge on any atom is -0.326 e. The third-order valence-corrected chi connectivity index (χ3v) is 2.01. The highest BCUT2D eigenvalue weighted by Crippen LogP contribution is 2.09. The molecule has 1 aliphatic rings. The van der Waals surface area contributed by atoms with E-state index in [2.05, 4.69) is 6.08 Å². The first-order chi connectivity index (χ1) is 4.80. The summed E-state index contributed by atoms with van der Waals surface area (Å²) in [5.74, 6) is 0. The van der Waals surface area contributed by atoms with Gasteiger partial charge in [-0.05, 0) is 19.3 Å². The molecule has 2 heteroatoms. The van der Waals surface area contributed by atoms with E-state index in [1.165, 1.54) is 19.3 Å². The lowest BCUT2D eigenvalue weighted by Gasteiger charge is -2.18. The van der Waals surface area contributed by atoms with E-state index in [1.807, 2.05) is 6.08 Å². The molecule has 0 bridgehead atoms. The Labute approximate surface area is 62.3 Å². The van der Waals surface area contributed by atoms with Crippen molar-refractivity contribution >= 4 is 0 Å². The molecule has 1 rings (SSSR count). The van der Waals surface area contributed by atoms with Gasteiger partial charge in [0.2, 0.25) is 0 Å². The molecule has 2 atom stereocenters. The molecule has 0 saturated heterocycles. The van der Waals surface area contributed by atoms with E-state index in [9.17, 15) is 0 Å². The van der Waals surface area contributed by atoms with Gasteiger partial charge in [-0.15, -0.1) is 0 Å². The number of hydrogen-bond acceptors (Lipinski definition) is 2. The first-order valence-electron chi connectivity index (χ1n) is 3.98. The standard InChI is InChI=1S/C8H16N2/c9-7-5-3-1-2-4-6-8(7)10/h3,5,7-8H,1-2,4,6,9-10H2/t7-,8-/m1/s1. The highest BCUT2D eigenvalue weighted by atomic mass is 14.8. The molecule has 0 aromatic heterocycles. The zero-order valence-electron chi connectivity index (χ0n) is 6.29. The molecule has 0 aliphatic heterocycles. The van der Waals surface area contributed by atoms with Gasteiger partial charge in [-0.3, -0.25) is 0 Å². The second-order valence-corrected chi connectivity index (χ2v) is 2.95. The number of nitrogens with two attached hydrogens (primary N) is 2. The van der Waals surface area contributed by atoms with Gasteiger partial charge >= 0.3 is 0 Å². The fourth-order valence-electron chi connectivity index (χ4n) is 1.23. The van der Waals surface area contributed by atoms with Crippen molar-refractivity contribution < 1.29 is 0 Å². The topological polar surface area (TPSA) is 52.0 Å². The minimum atomic E-state index is 0.0836. The minimum absolute atomic E-state index is 0.0836. The fourth-order valence-corrected chi connectivity index (χ4v) is 1.23. The smallest absolute Gasteiger partial charge is 0.0378 e. The van der Waals surface area contributed by atoms with E-state index in [4.69, 9.17) is 11.5 Å². The molecule has 58 valence electrons. The maximum absolute atomic E-state index is 5.77. The van der Waals surface area contributed by atoms with Crippen LogP contribution in [-0.4, -0.2) is 12.1 Å². The molecule has 0 heterocycles. The summed E-state index contributed by atoms with van der Waals surface area (Å²) in [5.41, 5.74) is 11.5. The van der Waals surface area contributed by atoms with Crippen LogP contribution in [-0.2, 0) is 0 Å². The van der Waals surface area contributed by atoms with Crippen molar-refractivity contribution in [1.29, 1.82) is 0 Å². The first-order valence-corrected chi connectivity index (χ1v) is 3.98. The van der Waals surface area contributed by atoms with Gasteiger partial charge < -0.3 is 11.5 Å². The molecule has 0 unspecified atom stereocenters. The summed E-state index contributed by atoms with van der Waals surface area (Å²) in [5, 5.41) is 0. The van der Waals surface area contributed by atoms with Crippen LogP contribution in [0.4, 0.5) is 0 Å². The van der Waals surface area contributed by atoms with Gasteiger partial charge in [0.15, 0.2) is 0 Å². The predicted molar refractivity (Wildman–Crippen MR) is 43.6 cm³/mol. The molecule has 0 amide bonds. The Morgan fingerprint density at radius 2 is 2.00 bits per heavy atom. The summed E-state index contributed by atoms with van der Waals surface area (Å²) in [4.78, 5) is 0. The Hall–Kier alpha value is -0.340. The van der Waals surface area contributed by atoms with Crippen molar-refractivity contribution in [2.24, 2.45) is 11.5 Å². The highest BCUT2D eigenvalue weighted by Gasteiger charge is 2.10. The SMILES string of the molecule is N[C@@H]1C=CCCCC[C@H]1N. The van der Waals surface area contributed by atoms with Gasteiger partial charge in [0, 0.05) is 12.1 Å². The zero-order valence-corrected chi connectivity index (χ0v) is 6.29. The molecule has 4 N–H and O–H groups in total. The van der Waals surface area contributed by atoms with Crippen LogP contribution < -0.4 is 11.5 Å². The molecule has 0 radical (unpaired) electrons. The van der Waals surface area contributed by atoms with E-state index >= 15 is 0 Å². The van der Waals surface area contributed by atoms with Crippen LogP contribution in [0, 0.1) is 0 Å². The van der Waals surface area contributed by atoms with Crippen molar-refractivity contribution in [2.45, 2.75) is 37.8 Å². The molecule has 0 spiro atoms. The average molecular weight is 140 g/mol. The summed E-state index contributed by atoms with van der Waals surface area (Å²) in [6.07, 6.45) is 8.90. The molecule has 0 aromatic rings. The van der Waals surface area contributed by atoms with E-state index < -0.39 is 0 Å². The summed E-state index contributed by atoms with van der Waals surface area (Å²) < 4.78 is 0. The van der Waals surface area contributed by atoms with E-state index in [1.54, 1.807) is 0 Å². The number of allylic oxidation sites excluding steroid dienone is 1. The van der Waals surface area contributed by atoms with Gasteiger partial charge in [0.25, 0.3) is 0 Å². The molecule has 0 saturated carbocycles. The third kappa shape index (κ3) is 2.12. The van der Waals surface area contributed by atoms with Crippen LogP contribution in [0.1, 0.15) is 25.7 Å². The van der Waals surface area contributed by atoms with Crippen molar-refractivity contribution in [3.8, 4) is 0 Å². The molecule has 0 aromatic carbocycles. The van der Waals surface area contributed by atoms with Crippen molar-refractivity contribution in [3.05, 3.63) is 12.2 Å². The number of rotatable bonds is 0. The monoisotopic (exact) mass is 140 g/mol. The molecular formula is C8H16N2. The Balaban J connectivity index is 2.44. The van der Waals surface area contributed by atoms with Crippen molar-refractivity contribution in [2.75, 3.05) is 0 Å². The maximum Gasteiger partial charge on any atom is 0.0378 e. The normalized spacial score (nSPS) is 35.0. The molecule has 0 fully saturated rings. The summed E-state index contributed by atoms with van der Waals surface area (Å²) in [7, 11) is 0. The first kappa shape index (κ1) is 7.76. The Morgan fingerprint density at radius 1 is 1.20 bits per heavy atom. The third-order valence-electron chi connectivity index (χ3n) is 2.01. The van der Waals surface area contributed by atoms with Gasteiger partial charge in [0.05, 0.1) is 0 Å². The van der Waals surface area contributed by atoms with E-state index in [-0.39, 0.29) is 12.1 Å². The van der Waals surface area contributed by atoms with Gasteiger partial charge in [-0.1, -0.05) is 18.6 Å². The van der Waals surface area contributed by atoms with Gasteiger partial charge in [-0.25, -0.2) is 0 Å². The average Bonchev–Trinajstić information content (AvgIpc) is 1.92. The summed E-state index contributed by atoms with van der Waals surface area (Å²) in [6, 6.07) is 0.261. The Kier molecular flexibility index (Phi) is 2.90. The lowest BCUT2D eigenvalue weighted by Crippen LogP contribution is -2.40. The lowest BCUT2D eigenvalue weighted by molar-refractivity contribution is 0.513. The largest absolute Gasteiger partial charge is 0.326 e. The van der Waals surface area contributed by atoms with Crippen molar-refractivity contribution in [1.82, 2.24) is 0 Å². The number of hydrogen-bond donors (Lipinski definition) is 2. The van der Waals surface area contributed by atoms with Gasteiger partial charge in [0.1, 0.15) is 0 Å². The van der Waals surface area contributed by atoms with Crippen LogP contribution >= 0.6 is 0 Å². The quantitative estimate of drug-likeness (QED) is 0.488. The fraction of sp³-hybridized carbons (Fsp3) is 0.750. The van der Waals surface area contributed by atoms with Crippen molar-refractivity contribution in [3.63, 3.8) is 0 Å². The summed E-state index contributed by atoms with van der Waals surface area (Å²) >= 11 is 0. The predicted octanol–water partition coefficient (Wildman–Crippen LogP) is 0.771. The maximum atomic E-state index is 5.77. The zero-order chi connectivity index (χ0) is 7.40. The molecule has 10 heavy (non-hydrogen) atoms. The van der Waals surface area contributed by atoms with Crippen LogP contribution in [0.2, 0.25) is 0 Å². The molecular weight excluding hydrogens is 124 g/mol. The summed E-state index contributed by atoms with van der Waals surface area (Å²) in [6.45, 7) is 0. The molecule has 2 nitrogen and oxygen atoms in total. The van der Waals surface area contributed by atoms with Gasteiger partial charge in [-0.2, -0.15) is 0 Å². The van der Waals surface area contributed by atoms with E-state index in [0.29, 0.717) is 0 Å². The lowest BCUT2D eigenvalue weighted by atomic mass is 9.99. The van der Waals surface area contributed by atoms with Crippen LogP contribution in [0.25, 0.3) is 0 Å². The van der Waals surface area contributed by atoms with Crippen LogP contribution in [0.3, 0.4) is 0 Å². The highest BCUT2D eigenvalue weighted by molar-refractivity contribution is 4.98. The Morgan fingerprint density at radius 3 is 2.80 bits per heavy atom. The van der Waals surface area contributed by atoms with E-state index in [0.717, 1.165) is 6.42 Å². The van der Waals surface area contributed by atoms with Crippen LogP contribution in [0.15, 0.2) is 12.2 Å². The second-order valence-electron chi connectivity index (χ2n) is 2.95. The second kappa shape index (κ2) is 3.74. The Bertz CT molecular complexity index is 120. The molecule has 1 aliphatic carbocycles.